The fourth-order valence-corrected chi connectivity index (χ4v) is 1.89. The van der Waals surface area contributed by atoms with Gasteiger partial charge >= 0.3 is 0 Å². The number of nitrogens with one attached hydrogen (secondary N) is 1. The highest BCUT2D eigenvalue weighted by Gasteiger charge is 2.42. The standard InChI is InChI=1S/C8H13NO2/c10-7-6-8(9-7)2-1-4-11-5-3-8/h1-6H2,(H,9,10). The van der Waals surface area contributed by atoms with Gasteiger partial charge in [-0.25, -0.2) is 0 Å². The molecular formula is C8H13NO2. The summed E-state index contributed by atoms with van der Waals surface area (Å²) in [7, 11) is 0. The van der Waals surface area contributed by atoms with Crippen molar-refractivity contribution >= 4 is 5.91 Å². The van der Waals surface area contributed by atoms with Gasteiger partial charge in [-0.15, -0.1) is 0 Å². The topological polar surface area (TPSA) is 38.3 Å². The van der Waals surface area contributed by atoms with E-state index in [2.05, 4.69) is 5.32 Å². The quantitative estimate of drug-likeness (QED) is 0.516. The lowest BCUT2D eigenvalue weighted by atomic mass is 9.81. The van der Waals surface area contributed by atoms with Gasteiger partial charge in [-0.2, -0.15) is 0 Å². The van der Waals surface area contributed by atoms with Crippen molar-refractivity contribution in [3.8, 4) is 0 Å². The summed E-state index contributed by atoms with van der Waals surface area (Å²) in [6.07, 6.45) is 3.90. The molecule has 0 radical (unpaired) electrons. The van der Waals surface area contributed by atoms with Crippen molar-refractivity contribution in [2.45, 2.75) is 31.2 Å². The summed E-state index contributed by atoms with van der Waals surface area (Å²) >= 11 is 0. The van der Waals surface area contributed by atoms with Crippen LogP contribution in [0.1, 0.15) is 25.7 Å². The van der Waals surface area contributed by atoms with Crippen LogP contribution in [0.15, 0.2) is 0 Å². The van der Waals surface area contributed by atoms with Gasteiger partial charge in [0, 0.05) is 19.6 Å². The Morgan fingerprint density at radius 3 is 2.91 bits per heavy atom. The SMILES string of the molecule is O=C1CC2(CCCOCC2)N1. The first-order valence-electron chi connectivity index (χ1n) is 4.20. The molecule has 2 aliphatic heterocycles. The molecule has 2 saturated heterocycles. The highest BCUT2D eigenvalue weighted by atomic mass is 16.5. The van der Waals surface area contributed by atoms with Crippen LogP contribution < -0.4 is 5.32 Å². The van der Waals surface area contributed by atoms with E-state index in [0.717, 1.165) is 38.9 Å². The molecule has 11 heavy (non-hydrogen) atoms. The van der Waals surface area contributed by atoms with Crippen LogP contribution in [0.4, 0.5) is 0 Å². The average Bonchev–Trinajstić information content (AvgIpc) is 2.12. The molecule has 0 aliphatic carbocycles. The van der Waals surface area contributed by atoms with Gasteiger partial charge < -0.3 is 10.1 Å². The van der Waals surface area contributed by atoms with Crippen molar-refractivity contribution in [2.75, 3.05) is 13.2 Å². The molecule has 2 heterocycles. The van der Waals surface area contributed by atoms with Crippen LogP contribution in [0.3, 0.4) is 0 Å². The first-order valence-corrected chi connectivity index (χ1v) is 4.20. The number of rotatable bonds is 0. The maximum Gasteiger partial charge on any atom is 0.222 e. The molecule has 1 unspecified atom stereocenters. The molecule has 0 aromatic carbocycles. The van der Waals surface area contributed by atoms with Gasteiger partial charge in [-0.1, -0.05) is 0 Å². The largest absolute Gasteiger partial charge is 0.381 e. The van der Waals surface area contributed by atoms with Crippen LogP contribution in [0.5, 0.6) is 0 Å². The molecule has 0 aromatic rings. The molecule has 0 bridgehead atoms. The summed E-state index contributed by atoms with van der Waals surface area (Å²) in [5.41, 5.74) is 0.133. The van der Waals surface area contributed by atoms with Gasteiger partial charge in [0.25, 0.3) is 0 Å². The molecule has 1 amide bonds. The van der Waals surface area contributed by atoms with E-state index >= 15 is 0 Å². The molecular weight excluding hydrogens is 142 g/mol. The maximum absolute atomic E-state index is 10.7. The second kappa shape index (κ2) is 2.48. The summed E-state index contributed by atoms with van der Waals surface area (Å²) in [6, 6.07) is 0. The number of ether oxygens (including phenoxy) is 1. The Morgan fingerprint density at radius 2 is 2.18 bits per heavy atom. The van der Waals surface area contributed by atoms with Crippen LogP contribution in [-0.4, -0.2) is 24.7 Å². The zero-order valence-electron chi connectivity index (χ0n) is 6.56. The molecule has 1 spiro atoms. The lowest BCUT2D eigenvalue weighted by Crippen LogP contribution is -2.60. The highest BCUT2D eigenvalue weighted by molar-refractivity contribution is 5.84. The molecule has 62 valence electrons. The minimum atomic E-state index is 0.133. The zero-order valence-corrected chi connectivity index (χ0v) is 6.56. The molecule has 2 fully saturated rings. The smallest absolute Gasteiger partial charge is 0.222 e. The van der Waals surface area contributed by atoms with Crippen molar-refractivity contribution < 1.29 is 9.53 Å². The molecule has 2 aliphatic rings. The van der Waals surface area contributed by atoms with E-state index in [4.69, 9.17) is 4.74 Å². The van der Waals surface area contributed by atoms with E-state index in [1.807, 2.05) is 0 Å². The number of carbonyl (C=O) groups excluding carboxylic acids is 1. The average molecular weight is 155 g/mol. The maximum atomic E-state index is 10.7. The Morgan fingerprint density at radius 1 is 1.36 bits per heavy atom. The minimum absolute atomic E-state index is 0.133. The van der Waals surface area contributed by atoms with Gasteiger partial charge in [0.15, 0.2) is 0 Å². The van der Waals surface area contributed by atoms with Gasteiger partial charge in [0.05, 0.1) is 5.54 Å². The highest BCUT2D eigenvalue weighted by Crippen LogP contribution is 2.30. The predicted molar refractivity (Wildman–Crippen MR) is 40.2 cm³/mol. The number of β-lactam (4-membered cyclic amide) rings is 1. The normalized spacial score (nSPS) is 37.6. The summed E-state index contributed by atoms with van der Waals surface area (Å²) in [4.78, 5) is 10.7. The van der Waals surface area contributed by atoms with E-state index in [-0.39, 0.29) is 11.4 Å². The minimum Gasteiger partial charge on any atom is -0.381 e. The third-order valence-corrected chi connectivity index (χ3v) is 2.57. The van der Waals surface area contributed by atoms with Gasteiger partial charge in [-0.05, 0) is 19.3 Å². The fraction of sp³-hybridized carbons (Fsp3) is 0.875. The Kier molecular flexibility index (Phi) is 1.60. The lowest BCUT2D eigenvalue weighted by Gasteiger charge is -2.41. The van der Waals surface area contributed by atoms with Crippen LogP contribution in [-0.2, 0) is 9.53 Å². The predicted octanol–water partition coefficient (Wildman–Crippen LogP) is 0.446. The van der Waals surface area contributed by atoms with Crippen molar-refractivity contribution in [2.24, 2.45) is 0 Å². The summed E-state index contributed by atoms with van der Waals surface area (Å²) in [5, 5.41) is 2.98. The number of amides is 1. The van der Waals surface area contributed by atoms with Crippen molar-refractivity contribution in [1.29, 1.82) is 0 Å². The third kappa shape index (κ3) is 1.25. The zero-order chi connectivity index (χ0) is 7.73. The van der Waals surface area contributed by atoms with E-state index in [1.165, 1.54) is 0 Å². The van der Waals surface area contributed by atoms with E-state index in [0.29, 0.717) is 0 Å². The van der Waals surface area contributed by atoms with Crippen molar-refractivity contribution in [3.05, 3.63) is 0 Å². The first-order chi connectivity index (χ1) is 5.31. The molecule has 2 rings (SSSR count). The molecule has 0 saturated carbocycles. The summed E-state index contributed by atoms with van der Waals surface area (Å²) in [6.45, 7) is 1.66. The molecule has 1 N–H and O–H groups in total. The second-order valence-corrected chi connectivity index (χ2v) is 3.47. The molecule has 1 atom stereocenters. The van der Waals surface area contributed by atoms with Crippen LogP contribution in [0, 0.1) is 0 Å². The van der Waals surface area contributed by atoms with E-state index < -0.39 is 0 Å². The van der Waals surface area contributed by atoms with Gasteiger partial charge in [0.2, 0.25) is 5.91 Å². The van der Waals surface area contributed by atoms with Crippen LogP contribution in [0.25, 0.3) is 0 Å². The molecule has 3 heteroatoms. The third-order valence-electron chi connectivity index (χ3n) is 2.57. The van der Waals surface area contributed by atoms with Gasteiger partial charge in [-0.3, -0.25) is 4.79 Å². The second-order valence-electron chi connectivity index (χ2n) is 3.47. The number of carbonyl (C=O) groups is 1. The van der Waals surface area contributed by atoms with E-state index in [9.17, 15) is 4.79 Å². The summed E-state index contributed by atoms with van der Waals surface area (Å²) in [5.74, 6) is 0.201. The van der Waals surface area contributed by atoms with Crippen molar-refractivity contribution in [3.63, 3.8) is 0 Å². The Hall–Kier alpha value is -0.570. The Balaban J connectivity index is 1.96. The molecule has 3 nitrogen and oxygen atoms in total. The lowest BCUT2D eigenvalue weighted by molar-refractivity contribution is -0.133. The number of hydrogen-bond acceptors (Lipinski definition) is 2. The molecule has 0 aromatic heterocycles. The Labute approximate surface area is 66.1 Å². The fourth-order valence-electron chi connectivity index (χ4n) is 1.89. The van der Waals surface area contributed by atoms with E-state index in [1.54, 1.807) is 0 Å². The number of hydrogen-bond donors (Lipinski definition) is 1. The summed E-state index contributed by atoms with van der Waals surface area (Å²) < 4.78 is 5.31. The van der Waals surface area contributed by atoms with Crippen LogP contribution in [0.2, 0.25) is 0 Å². The first kappa shape index (κ1) is 7.10. The monoisotopic (exact) mass is 155 g/mol. The van der Waals surface area contributed by atoms with Crippen molar-refractivity contribution in [1.82, 2.24) is 5.32 Å². The van der Waals surface area contributed by atoms with Crippen LogP contribution >= 0.6 is 0 Å². The Bertz CT molecular complexity index is 161. The van der Waals surface area contributed by atoms with Gasteiger partial charge in [0.1, 0.15) is 0 Å².